The molecule has 0 saturated heterocycles. The Labute approximate surface area is 148 Å². The Kier molecular flexibility index (Phi) is 4.20. The summed E-state index contributed by atoms with van der Waals surface area (Å²) >= 11 is 1.11. The zero-order valence-corrected chi connectivity index (χ0v) is 15.3. The lowest BCUT2D eigenvalue weighted by Crippen LogP contribution is -2.22. The third-order valence-corrected chi connectivity index (χ3v) is 5.55. The highest BCUT2D eigenvalue weighted by Crippen LogP contribution is 2.41. The molecular formula is C17H15FO5S2. The smallest absolute Gasteiger partial charge is 0.375 e. The van der Waals surface area contributed by atoms with E-state index in [1.165, 1.54) is 22.9 Å². The zero-order chi connectivity index (χ0) is 18.4. The monoisotopic (exact) mass is 382 g/mol. The minimum absolute atomic E-state index is 0.0556. The third-order valence-electron chi connectivity index (χ3n) is 3.73. The van der Waals surface area contributed by atoms with Crippen molar-refractivity contribution in [1.82, 2.24) is 0 Å². The van der Waals surface area contributed by atoms with Crippen molar-refractivity contribution in [3.05, 3.63) is 52.2 Å². The van der Waals surface area contributed by atoms with Crippen LogP contribution in [0.5, 0.6) is 5.75 Å². The summed E-state index contributed by atoms with van der Waals surface area (Å²) in [5, 5.41) is 2.72. The summed E-state index contributed by atoms with van der Waals surface area (Å²) in [5.74, 6) is -1.42. The maximum Gasteiger partial charge on any atom is 0.375 e. The van der Waals surface area contributed by atoms with Crippen LogP contribution >= 0.6 is 11.3 Å². The first kappa shape index (κ1) is 17.6. The van der Waals surface area contributed by atoms with E-state index in [2.05, 4.69) is 0 Å². The van der Waals surface area contributed by atoms with Crippen LogP contribution in [0, 0.1) is 5.82 Å². The number of cyclic esters (lactones) is 1. The van der Waals surface area contributed by atoms with Crippen molar-refractivity contribution in [2.24, 2.45) is 0 Å². The molecule has 0 bridgehead atoms. The SMILES string of the molecule is CC1(C)OC(=O)C(Oc2cscc2F)=C1c1ccc(S(C)(=O)=O)cc1. The Morgan fingerprint density at radius 1 is 1.16 bits per heavy atom. The highest BCUT2D eigenvalue weighted by Gasteiger charge is 2.43. The van der Waals surface area contributed by atoms with Crippen molar-refractivity contribution < 1.29 is 27.1 Å². The summed E-state index contributed by atoms with van der Waals surface area (Å²) in [6.07, 6.45) is 1.11. The van der Waals surface area contributed by atoms with Gasteiger partial charge in [0, 0.05) is 17.0 Å². The van der Waals surface area contributed by atoms with Gasteiger partial charge in [0.1, 0.15) is 5.60 Å². The van der Waals surface area contributed by atoms with Crippen LogP contribution in [-0.2, 0) is 19.4 Å². The number of carbonyl (C=O) groups is 1. The molecule has 132 valence electrons. The van der Waals surface area contributed by atoms with Crippen LogP contribution in [0.15, 0.2) is 45.7 Å². The van der Waals surface area contributed by atoms with Crippen LogP contribution in [0.3, 0.4) is 0 Å². The number of ether oxygens (including phenoxy) is 2. The number of benzene rings is 1. The summed E-state index contributed by atoms with van der Waals surface area (Å²) in [6, 6.07) is 6.03. The summed E-state index contributed by atoms with van der Waals surface area (Å²) < 4.78 is 47.7. The quantitative estimate of drug-likeness (QED) is 0.758. The van der Waals surface area contributed by atoms with Crippen LogP contribution in [0.2, 0.25) is 0 Å². The predicted octanol–water partition coefficient (Wildman–Crippen LogP) is 3.42. The van der Waals surface area contributed by atoms with Crippen molar-refractivity contribution in [2.45, 2.75) is 24.3 Å². The van der Waals surface area contributed by atoms with E-state index in [1.807, 2.05) is 0 Å². The lowest BCUT2D eigenvalue weighted by Gasteiger charge is -2.21. The number of carbonyl (C=O) groups excluding carboxylic acids is 1. The minimum Gasteiger partial charge on any atom is -0.449 e. The maximum atomic E-state index is 13.7. The number of esters is 1. The number of sulfone groups is 1. The Hall–Kier alpha value is -2.19. The van der Waals surface area contributed by atoms with Crippen LogP contribution in [0.25, 0.3) is 5.57 Å². The van der Waals surface area contributed by atoms with E-state index < -0.39 is 27.2 Å². The Balaban J connectivity index is 2.10. The van der Waals surface area contributed by atoms with Crippen LogP contribution in [-0.4, -0.2) is 26.2 Å². The van der Waals surface area contributed by atoms with Crippen molar-refractivity contribution in [2.75, 3.05) is 6.26 Å². The van der Waals surface area contributed by atoms with Gasteiger partial charge < -0.3 is 9.47 Å². The Morgan fingerprint density at radius 2 is 1.80 bits per heavy atom. The molecule has 0 saturated carbocycles. The maximum absolute atomic E-state index is 13.7. The number of hydrogen-bond donors (Lipinski definition) is 0. The zero-order valence-electron chi connectivity index (χ0n) is 13.7. The van der Waals surface area contributed by atoms with Gasteiger partial charge in [0.05, 0.1) is 10.5 Å². The first-order valence-electron chi connectivity index (χ1n) is 7.28. The molecule has 0 aliphatic carbocycles. The van der Waals surface area contributed by atoms with Crippen molar-refractivity contribution in [1.29, 1.82) is 0 Å². The second-order valence-corrected chi connectivity index (χ2v) is 8.85. The number of thiophene rings is 1. The first-order chi connectivity index (χ1) is 11.6. The van der Waals surface area contributed by atoms with Crippen molar-refractivity contribution >= 4 is 32.7 Å². The molecule has 0 fully saturated rings. The van der Waals surface area contributed by atoms with Gasteiger partial charge in [-0.05, 0) is 31.5 Å². The predicted molar refractivity (Wildman–Crippen MR) is 91.5 cm³/mol. The molecule has 25 heavy (non-hydrogen) atoms. The summed E-state index contributed by atoms with van der Waals surface area (Å²) in [7, 11) is -3.34. The Bertz CT molecular complexity index is 969. The summed E-state index contributed by atoms with van der Waals surface area (Å²) in [6.45, 7) is 3.37. The van der Waals surface area contributed by atoms with Crippen molar-refractivity contribution in [3.8, 4) is 5.75 Å². The molecule has 1 aliphatic rings. The molecule has 0 N–H and O–H groups in total. The first-order valence-corrected chi connectivity index (χ1v) is 10.1. The standard InChI is InChI=1S/C17H15FO5S2/c1-17(2)14(10-4-6-11(7-5-10)25(3,20)21)15(16(19)23-17)22-13-9-24-8-12(13)18/h4-9H,1-3H3. The molecule has 2 aromatic rings. The van der Waals surface area contributed by atoms with E-state index in [1.54, 1.807) is 26.0 Å². The highest BCUT2D eigenvalue weighted by atomic mass is 32.2. The molecule has 5 nitrogen and oxygen atoms in total. The van der Waals surface area contributed by atoms with E-state index >= 15 is 0 Å². The van der Waals surface area contributed by atoms with E-state index in [0.29, 0.717) is 11.1 Å². The molecule has 0 radical (unpaired) electrons. The van der Waals surface area contributed by atoms with Gasteiger partial charge in [-0.2, -0.15) is 0 Å². The Morgan fingerprint density at radius 3 is 2.32 bits per heavy atom. The average Bonchev–Trinajstić information content (AvgIpc) is 2.99. The van der Waals surface area contributed by atoms with Gasteiger partial charge in [0.2, 0.25) is 5.76 Å². The van der Waals surface area contributed by atoms with Gasteiger partial charge in [0.25, 0.3) is 0 Å². The van der Waals surface area contributed by atoms with Crippen LogP contribution < -0.4 is 4.74 Å². The molecule has 0 unspecified atom stereocenters. The van der Waals surface area contributed by atoms with Crippen LogP contribution in [0.4, 0.5) is 4.39 Å². The van der Waals surface area contributed by atoms with E-state index in [-0.39, 0.29) is 16.4 Å². The fourth-order valence-electron chi connectivity index (χ4n) is 2.60. The third kappa shape index (κ3) is 3.32. The topological polar surface area (TPSA) is 69.7 Å². The number of hydrogen-bond acceptors (Lipinski definition) is 6. The molecule has 1 aromatic carbocycles. The summed E-state index contributed by atoms with van der Waals surface area (Å²) in [4.78, 5) is 12.4. The number of rotatable bonds is 4. The molecule has 0 atom stereocenters. The fourth-order valence-corrected chi connectivity index (χ4v) is 3.82. The molecule has 0 spiro atoms. The molecule has 0 amide bonds. The van der Waals surface area contributed by atoms with Gasteiger partial charge in [-0.3, -0.25) is 0 Å². The van der Waals surface area contributed by atoms with Gasteiger partial charge >= 0.3 is 5.97 Å². The highest BCUT2D eigenvalue weighted by molar-refractivity contribution is 7.90. The van der Waals surface area contributed by atoms with Gasteiger partial charge in [0.15, 0.2) is 21.4 Å². The van der Waals surface area contributed by atoms with Crippen LogP contribution in [0.1, 0.15) is 19.4 Å². The van der Waals surface area contributed by atoms with Gasteiger partial charge in [-0.25, -0.2) is 17.6 Å². The molecule has 1 aliphatic heterocycles. The fraction of sp³-hybridized carbons (Fsp3) is 0.235. The van der Waals surface area contributed by atoms with Gasteiger partial charge in [-0.1, -0.05) is 12.1 Å². The summed E-state index contributed by atoms with van der Waals surface area (Å²) in [5.41, 5.74) is 0.00273. The molecular weight excluding hydrogens is 367 g/mol. The molecule has 8 heteroatoms. The van der Waals surface area contributed by atoms with Gasteiger partial charge in [-0.15, -0.1) is 11.3 Å². The minimum atomic E-state index is -3.34. The van der Waals surface area contributed by atoms with E-state index in [0.717, 1.165) is 17.6 Å². The second kappa shape index (κ2) is 5.96. The lowest BCUT2D eigenvalue weighted by molar-refractivity contribution is -0.145. The van der Waals surface area contributed by atoms with Crippen molar-refractivity contribution in [3.63, 3.8) is 0 Å². The normalized spacial score (nSPS) is 16.9. The lowest BCUT2D eigenvalue weighted by atomic mass is 9.92. The molecule has 2 heterocycles. The largest absolute Gasteiger partial charge is 0.449 e. The second-order valence-electron chi connectivity index (χ2n) is 6.09. The molecule has 1 aromatic heterocycles. The number of halogens is 1. The van der Waals surface area contributed by atoms with E-state index in [4.69, 9.17) is 9.47 Å². The van der Waals surface area contributed by atoms with E-state index in [9.17, 15) is 17.6 Å². The average molecular weight is 382 g/mol. The molecule has 3 rings (SSSR count).